The first-order valence-corrected chi connectivity index (χ1v) is 4.96. The summed E-state index contributed by atoms with van der Waals surface area (Å²) in [5, 5.41) is 7.06. The summed E-state index contributed by atoms with van der Waals surface area (Å²) in [4.78, 5) is 2.41. The number of nitrogens with one attached hydrogen (secondary N) is 2. The molecular weight excluding hydrogens is 180 g/mol. The topological polar surface area (TPSA) is 91.7 Å². The smallest absolute Gasteiger partial charge is 0.208 e. The summed E-state index contributed by atoms with van der Waals surface area (Å²) in [6.07, 6.45) is 0. The Kier molecular flexibility index (Phi) is 4.48. The number of hydrazone groups is 1. The second-order valence-corrected chi connectivity index (χ2v) is 3.53. The van der Waals surface area contributed by atoms with E-state index in [1.807, 2.05) is 0 Å². The maximum absolute atomic E-state index is 5.18. The highest BCUT2D eigenvalue weighted by molar-refractivity contribution is 5.75. The Morgan fingerprint density at radius 2 is 2.43 bits per heavy atom. The third-order valence-corrected chi connectivity index (χ3v) is 2.36. The Hall–Kier alpha value is -1.01. The highest BCUT2D eigenvalue weighted by atomic mass is 15.3. The van der Waals surface area contributed by atoms with Crippen LogP contribution in [0.3, 0.4) is 0 Å². The van der Waals surface area contributed by atoms with E-state index in [-0.39, 0.29) is 5.96 Å². The van der Waals surface area contributed by atoms with Crippen molar-refractivity contribution in [3.63, 3.8) is 0 Å². The summed E-state index contributed by atoms with van der Waals surface area (Å²) in [7, 11) is 0. The fourth-order valence-corrected chi connectivity index (χ4v) is 1.56. The van der Waals surface area contributed by atoms with Crippen molar-refractivity contribution in [1.29, 1.82) is 0 Å². The third kappa shape index (κ3) is 3.80. The van der Waals surface area contributed by atoms with Crippen molar-refractivity contribution in [2.45, 2.75) is 13.0 Å². The van der Waals surface area contributed by atoms with Crippen LogP contribution in [0, 0.1) is 0 Å². The molecule has 6 nitrogen and oxygen atoms in total. The summed E-state index contributed by atoms with van der Waals surface area (Å²) in [6, 6.07) is 0.588. The van der Waals surface area contributed by atoms with E-state index in [0.29, 0.717) is 6.04 Å². The molecule has 82 valence electrons. The number of rotatable bonds is 4. The number of guanidine groups is 1. The van der Waals surface area contributed by atoms with Gasteiger partial charge in [-0.25, -0.2) is 0 Å². The van der Waals surface area contributed by atoms with Crippen LogP contribution < -0.4 is 22.2 Å². The molecule has 0 aromatic heterocycles. The van der Waals surface area contributed by atoms with Gasteiger partial charge in [0.25, 0.3) is 0 Å². The van der Waals surface area contributed by atoms with Crippen molar-refractivity contribution in [3.8, 4) is 0 Å². The van der Waals surface area contributed by atoms with Gasteiger partial charge in [-0.3, -0.25) is 4.90 Å². The first kappa shape index (κ1) is 11.1. The molecule has 1 heterocycles. The van der Waals surface area contributed by atoms with Gasteiger partial charge < -0.3 is 22.2 Å². The average Bonchev–Trinajstić information content (AvgIpc) is 2.15. The number of nitrogens with two attached hydrogens (primary N) is 2. The monoisotopic (exact) mass is 200 g/mol. The first-order valence-electron chi connectivity index (χ1n) is 4.96. The minimum absolute atomic E-state index is 0.0818. The van der Waals surface area contributed by atoms with Gasteiger partial charge in [0.1, 0.15) is 0 Å². The SMILES string of the molecule is CC1CNCCN1CCNN=C(N)N. The van der Waals surface area contributed by atoms with Crippen molar-refractivity contribution in [2.75, 3.05) is 32.7 Å². The van der Waals surface area contributed by atoms with E-state index in [0.717, 1.165) is 32.7 Å². The predicted molar refractivity (Wildman–Crippen MR) is 57.7 cm³/mol. The van der Waals surface area contributed by atoms with Gasteiger partial charge in [-0.05, 0) is 6.92 Å². The summed E-state index contributed by atoms with van der Waals surface area (Å²) >= 11 is 0. The lowest BCUT2D eigenvalue weighted by atomic mass is 10.2. The van der Waals surface area contributed by atoms with Gasteiger partial charge in [0.15, 0.2) is 0 Å². The van der Waals surface area contributed by atoms with Crippen LogP contribution in [0.5, 0.6) is 0 Å². The summed E-state index contributed by atoms with van der Waals surface area (Å²) in [6.45, 7) is 7.17. The van der Waals surface area contributed by atoms with Crippen molar-refractivity contribution < 1.29 is 0 Å². The zero-order chi connectivity index (χ0) is 10.4. The Morgan fingerprint density at radius 1 is 1.64 bits per heavy atom. The molecule has 0 spiro atoms. The first-order chi connectivity index (χ1) is 6.70. The Bertz CT molecular complexity index is 188. The van der Waals surface area contributed by atoms with Gasteiger partial charge in [-0.15, -0.1) is 5.10 Å². The van der Waals surface area contributed by atoms with E-state index in [1.54, 1.807) is 0 Å². The highest BCUT2D eigenvalue weighted by Crippen LogP contribution is 2.00. The molecule has 1 fully saturated rings. The van der Waals surface area contributed by atoms with E-state index in [4.69, 9.17) is 11.5 Å². The molecule has 0 radical (unpaired) electrons. The maximum atomic E-state index is 5.18. The average molecular weight is 200 g/mol. The molecule has 0 aromatic carbocycles. The molecule has 1 aliphatic heterocycles. The van der Waals surface area contributed by atoms with Crippen LogP contribution >= 0.6 is 0 Å². The fourth-order valence-electron chi connectivity index (χ4n) is 1.56. The minimum Gasteiger partial charge on any atom is -0.369 e. The highest BCUT2D eigenvalue weighted by Gasteiger charge is 2.16. The molecule has 1 saturated heterocycles. The van der Waals surface area contributed by atoms with Crippen LogP contribution in [0.15, 0.2) is 5.10 Å². The van der Waals surface area contributed by atoms with Gasteiger partial charge in [-0.1, -0.05) is 0 Å². The molecule has 6 heteroatoms. The molecule has 1 rings (SSSR count). The molecular formula is C8H20N6. The number of piperazine rings is 1. The lowest BCUT2D eigenvalue weighted by Crippen LogP contribution is -2.51. The zero-order valence-electron chi connectivity index (χ0n) is 8.66. The molecule has 0 saturated carbocycles. The summed E-state index contributed by atoms with van der Waals surface area (Å²) in [5.41, 5.74) is 13.2. The van der Waals surface area contributed by atoms with E-state index in [9.17, 15) is 0 Å². The second kappa shape index (κ2) is 5.66. The zero-order valence-corrected chi connectivity index (χ0v) is 8.66. The minimum atomic E-state index is 0.0818. The molecule has 1 unspecified atom stereocenters. The van der Waals surface area contributed by atoms with Crippen LogP contribution in [0.4, 0.5) is 0 Å². The van der Waals surface area contributed by atoms with Crippen LogP contribution in [0.1, 0.15) is 6.92 Å². The lowest BCUT2D eigenvalue weighted by molar-refractivity contribution is 0.175. The lowest BCUT2D eigenvalue weighted by Gasteiger charge is -2.33. The van der Waals surface area contributed by atoms with Crippen LogP contribution in [-0.4, -0.2) is 49.6 Å². The molecule has 1 aliphatic rings. The van der Waals surface area contributed by atoms with E-state index in [2.05, 4.69) is 27.7 Å². The number of hydrogen-bond donors (Lipinski definition) is 4. The summed E-state index contributed by atoms with van der Waals surface area (Å²) in [5.74, 6) is 0.0818. The van der Waals surface area contributed by atoms with Crippen molar-refractivity contribution >= 4 is 5.96 Å². The van der Waals surface area contributed by atoms with E-state index >= 15 is 0 Å². The van der Waals surface area contributed by atoms with Gasteiger partial charge >= 0.3 is 0 Å². The second-order valence-electron chi connectivity index (χ2n) is 3.53. The summed E-state index contributed by atoms with van der Waals surface area (Å²) < 4.78 is 0. The molecule has 14 heavy (non-hydrogen) atoms. The van der Waals surface area contributed by atoms with Crippen molar-refractivity contribution in [3.05, 3.63) is 0 Å². The van der Waals surface area contributed by atoms with Gasteiger partial charge in [0.05, 0.1) is 0 Å². The van der Waals surface area contributed by atoms with Crippen LogP contribution in [0.2, 0.25) is 0 Å². The van der Waals surface area contributed by atoms with Crippen LogP contribution in [-0.2, 0) is 0 Å². The van der Waals surface area contributed by atoms with Crippen molar-refractivity contribution in [1.82, 2.24) is 15.6 Å². The Balaban J connectivity index is 2.13. The van der Waals surface area contributed by atoms with Crippen molar-refractivity contribution in [2.24, 2.45) is 16.6 Å². The Labute approximate surface area is 84.7 Å². The number of nitrogens with zero attached hydrogens (tertiary/aromatic N) is 2. The van der Waals surface area contributed by atoms with E-state index in [1.165, 1.54) is 0 Å². The largest absolute Gasteiger partial charge is 0.369 e. The van der Waals surface area contributed by atoms with Crippen LogP contribution in [0.25, 0.3) is 0 Å². The predicted octanol–water partition coefficient (Wildman–Crippen LogP) is -1.94. The van der Waals surface area contributed by atoms with Gasteiger partial charge in [-0.2, -0.15) is 0 Å². The van der Waals surface area contributed by atoms with Gasteiger partial charge in [0, 0.05) is 38.8 Å². The third-order valence-electron chi connectivity index (χ3n) is 2.36. The molecule has 0 aromatic rings. The molecule has 6 N–H and O–H groups in total. The molecule has 0 bridgehead atoms. The quantitative estimate of drug-likeness (QED) is 0.183. The molecule has 1 atom stereocenters. The van der Waals surface area contributed by atoms with Gasteiger partial charge in [0.2, 0.25) is 5.96 Å². The fraction of sp³-hybridized carbons (Fsp3) is 0.875. The molecule has 0 aliphatic carbocycles. The van der Waals surface area contributed by atoms with E-state index < -0.39 is 0 Å². The number of hydrogen-bond acceptors (Lipinski definition) is 4. The normalized spacial score (nSPS) is 23.1. The molecule has 0 amide bonds. The Morgan fingerprint density at radius 3 is 3.07 bits per heavy atom. The maximum Gasteiger partial charge on any atom is 0.208 e. The standard InChI is InChI=1S/C8H20N6/c1-7-6-11-2-4-14(7)5-3-12-13-8(9)10/h7,11-12H,2-6H2,1H3,(H4,9,10,13).